The fourth-order valence-corrected chi connectivity index (χ4v) is 13.2. The Morgan fingerprint density at radius 2 is 1.63 bits per heavy atom. The molecule has 84 heavy (non-hydrogen) atoms. The molecule has 4 aliphatic heterocycles. The Morgan fingerprint density at radius 1 is 0.893 bits per heavy atom. The monoisotopic (exact) mass is 1170 g/mol. The normalized spacial score (nSPS) is 20.0. The number of anilines is 4. The second-order valence-electron chi connectivity index (χ2n) is 24.5. The summed E-state index contributed by atoms with van der Waals surface area (Å²) in [6, 6.07) is 11.1. The molecule has 0 saturated carbocycles. The van der Waals surface area contributed by atoms with Crippen molar-refractivity contribution in [2.45, 2.75) is 108 Å². The number of hydrogen-bond donors (Lipinski definition) is 3. The number of sulfone groups is 1. The topological polar surface area (TPSA) is 232 Å². The Labute approximate surface area is 491 Å². The van der Waals surface area contributed by atoms with E-state index >= 15 is 0 Å². The lowest BCUT2D eigenvalue weighted by Gasteiger charge is -2.45. The number of halogens is 1. The number of H-pyrrole nitrogens is 1. The zero-order valence-corrected chi connectivity index (χ0v) is 50.9. The molecule has 3 fully saturated rings. The highest BCUT2D eigenvalue weighted by atomic mass is 32.2. The van der Waals surface area contributed by atoms with Crippen molar-refractivity contribution >= 4 is 55.8 Å². The second kappa shape index (κ2) is 24.5. The highest BCUT2D eigenvalue weighted by Gasteiger charge is 2.43. The van der Waals surface area contributed by atoms with E-state index < -0.39 is 20.0 Å². The molecule has 2 amide bonds. The van der Waals surface area contributed by atoms with Crippen molar-refractivity contribution in [3.63, 3.8) is 0 Å². The number of ether oxygens (including phenoxy) is 2. The van der Waals surface area contributed by atoms with Crippen molar-refractivity contribution in [2.24, 2.45) is 7.05 Å². The number of aromatic amines is 1. The number of amides is 2. The first-order valence-electron chi connectivity index (χ1n) is 29.1. The standard InChI is InChI=1S/C60H80FN15O7S/c1-38-33-75(35-52(77)76-36-60(8,9)53-49(76)27-43(57(79)70(53)10)26-42-12-14-44(61)15-13-42)45(30-62-38)34-74-22-21-72(56(78)41(74)4)23-25-82-46-31-63-58(64-32-46)73-19-17-71(18-20-73)16-11-24-83-50-29-48-47(28-51(50)84(80,81)59(5,6)7)55(66-37-65-48)67-54-39(2)40(3)68-69-54/h12-15,27-29,31-32,37-38,41,45,62H,11,16-26,30,33-36H2,1-10H3,(H2,65,66,67,68,69)/t38-,41-,45-/m1/s1. The van der Waals surface area contributed by atoms with Crippen LogP contribution in [0.25, 0.3) is 10.9 Å². The van der Waals surface area contributed by atoms with Gasteiger partial charge < -0.3 is 39.4 Å². The first-order chi connectivity index (χ1) is 39.9. The van der Waals surface area contributed by atoms with Crippen LogP contribution in [-0.2, 0) is 38.3 Å². The summed E-state index contributed by atoms with van der Waals surface area (Å²) in [6.07, 6.45) is 5.78. The van der Waals surface area contributed by atoms with Gasteiger partial charge in [-0.3, -0.25) is 34.2 Å². The largest absolute Gasteiger partial charge is 0.492 e. The van der Waals surface area contributed by atoms with Crippen LogP contribution in [0, 0.1) is 19.7 Å². The van der Waals surface area contributed by atoms with Gasteiger partial charge in [0.2, 0.25) is 17.8 Å². The van der Waals surface area contributed by atoms with Gasteiger partial charge in [0.05, 0.1) is 59.8 Å². The zero-order valence-electron chi connectivity index (χ0n) is 50.0. The molecule has 0 aliphatic carbocycles. The average Bonchev–Trinajstić information content (AvgIpc) is 2.40. The van der Waals surface area contributed by atoms with Crippen LogP contribution >= 0.6 is 0 Å². The van der Waals surface area contributed by atoms with Gasteiger partial charge in [0, 0.05) is 131 Å². The maximum atomic E-state index is 14.5. The molecule has 8 heterocycles. The minimum Gasteiger partial charge on any atom is -0.492 e. The van der Waals surface area contributed by atoms with E-state index in [1.165, 1.54) is 18.5 Å². The summed E-state index contributed by atoms with van der Waals surface area (Å²) in [7, 11) is -2.06. The van der Waals surface area contributed by atoms with Crippen LogP contribution in [0.2, 0.25) is 0 Å². The molecule has 450 valence electrons. The van der Waals surface area contributed by atoms with Gasteiger partial charge in [-0.05, 0) is 84.7 Å². The van der Waals surface area contributed by atoms with E-state index in [0.717, 1.165) is 60.9 Å². The molecule has 3 atom stereocenters. The van der Waals surface area contributed by atoms with Gasteiger partial charge in [-0.2, -0.15) is 5.10 Å². The summed E-state index contributed by atoms with van der Waals surface area (Å²) in [5.74, 6) is 2.09. The van der Waals surface area contributed by atoms with Gasteiger partial charge in [-0.1, -0.05) is 26.0 Å². The van der Waals surface area contributed by atoms with Gasteiger partial charge in [-0.25, -0.2) is 32.7 Å². The molecule has 0 bridgehead atoms. The van der Waals surface area contributed by atoms with Gasteiger partial charge in [0.1, 0.15) is 35.2 Å². The first-order valence-corrected chi connectivity index (χ1v) is 30.6. The third-order valence-corrected chi connectivity index (χ3v) is 19.5. The molecule has 2 aromatic carbocycles. The molecule has 24 heteroatoms. The van der Waals surface area contributed by atoms with E-state index in [2.05, 4.69) is 81.1 Å². The third-order valence-electron chi connectivity index (χ3n) is 17.0. The molecule has 4 aromatic heterocycles. The summed E-state index contributed by atoms with van der Waals surface area (Å²) in [5.41, 5.74) is 4.72. The van der Waals surface area contributed by atoms with Gasteiger partial charge in [0.15, 0.2) is 21.4 Å². The van der Waals surface area contributed by atoms with Crippen LogP contribution in [0.3, 0.4) is 0 Å². The number of aromatic nitrogens is 7. The summed E-state index contributed by atoms with van der Waals surface area (Å²) in [5, 5.41) is 14.7. The fraction of sp³-hybridized carbons (Fsp3) is 0.533. The number of rotatable bonds is 19. The number of hydrogen-bond acceptors (Lipinski definition) is 18. The number of nitrogens with one attached hydrogen (secondary N) is 3. The molecule has 22 nitrogen and oxygen atoms in total. The molecule has 10 rings (SSSR count). The predicted octanol–water partition coefficient (Wildman–Crippen LogP) is 4.99. The lowest BCUT2D eigenvalue weighted by molar-refractivity contribution is -0.142. The van der Waals surface area contributed by atoms with Crippen LogP contribution in [0.1, 0.15) is 83.0 Å². The van der Waals surface area contributed by atoms with Crippen LogP contribution in [0.15, 0.2) is 70.9 Å². The second-order valence-corrected chi connectivity index (χ2v) is 27.2. The summed E-state index contributed by atoms with van der Waals surface area (Å²) >= 11 is 0. The minimum absolute atomic E-state index is 0.0170. The van der Waals surface area contributed by atoms with Crippen LogP contribution in [-0.4, -0.2) is 196 Å². The van der Waals surface area contributed by atoms with E-state index in [9.17, 15) is 27.2 Å². The number of carbonyl (C=O) groups is 2. The first kappa shape index (κ1) is 60.0. The third kappa shape index (κ3) is 12.8. The highest BCUT2D eigenvalue weighted by Crippen LogP contribution is 2.41. The SMILES string of the molecule is Cc1[nH]nc(Nc2ncnc3cc(OCCCN4CCN(c5ncc(OCCN6CCN(C[C@H]7CN[C@H](C)CN7CC(=O)N7CC(C)(C)c8c7cc(Cc7ccc(F)cc7)c(=O)n8C)[C@H](C)C6=O)cn5)CC4)c(S(=O)(=O)C(C)(C)C)cc23)c1C. The number of fused-ring (bicyclic) bond motifs is 2. The maximum absolute atomic E-state index is 14.5. The number of carbonyl (C=O) groups excluding carboxylic acids is 2. The van der Waals surface area contributed by atoms with Crippen molar-refractivity contribution < 1.29 is 31.9 Å². The van der Waals surface area contributed by atoms with Crippen molar-refractivity contribution in [1.29, 1.82) is 0 Å². The Bertz CT molecular complexity index is 3550. The highest BCUT2D eigenvalue weighted by molar-refractivity contribution is 7.92. The molecule has 0 spiro atoms. The van der Waals surface area contributed by atoms with Crippen molar-refractivity contribution in [3.8, 4) is 11.5 Å². The average molecular weight is 1170 g/mol. The van der Waals surface area contributed by atoms with E-state index in [1.54, 1.807) is 69.0 Å². The van der Waals surface area contributed by atoms with E-state index in [0.29, 0.717) is 105 Å². The zero-order chi connectivity index (χ0) is 59.8. The predicted molar refractivity (Wildman–Crippen MR) is 321 cm³/mol. The fourth-order valence-electron chi connectivity index (χ4n) is 11.9. The number of benzene rings is 2. The Morgan fingerprint density at radius 3 is 2.33 bits per heavy atom. The van der Waals surface area contributed by atoms with Crippen LogP contribution < -0.4 is 35.5 Å². The lowest BCUT2D eigenvalue weighted by atomic mass is 9.90. The number of pyridine rings is 1. The van der Waals surface area contributed by atoms with Gasteiger partial charge >= 0.3 is 0 Å². The molecule has 0 unspecified atom stereocenters. The Hall–Kier alpha value is -7.12. The smallest absolute Gasteiger partial charge is 0.254 e. The quantitative estimate of drug-likeness (QED) is 0.0907. The number of piperazine rings is 3. The molecule has 3 saturated heterocycles. The summed E-state index contributed by atoms with van der Waals surface area (Å²) in [4.78, 5) is 72.8. The van der Waals surface area contributed by atoms with Gasteiger partial charge in [-0.15, -0.1) is 0 Å². The molecular weight excluding hydrogens is 1090 g/mol. The summed E-state index contributed by atoms with van der Waals surface area (Å²) in [6.45, 7) is 25.7. The number of nitrogens with zero attached hydrogens (tertiary/aromatic N) is 12. The lowest BCUT2D eigenvalue weighted by Crippen LogP contribution is -2.64. The molecule has 4 aliphatic rings. The van der Waals surface area contributed by atoms with Crippen molar-refractivity contribution in [2.75, 3.05) is 113 Å². The van der Waals surface area contributed by atoms with Gasteiger partial charge in [0.25, 0.3) is 5.56 Å². The molecule has 3 N–H and O–H groups in total. The van der Waals surface area contributed by atoms with Crippen molar-refractivity contribution in [3.05, 3.63) is 105 Å². The number of aryl methyl sites for hydroxylation is 1. The van der Waals surface area contributed by atoms with E-state index in [4.69, 9.17) is 9.47 Å². The van der Waals surface area contributed by atoms with E-state index in [1.807, 2.05) is 36.6 Å². The van der Waals surface area contributed by atoms with E-state index in [-0.39, 0.29) is 65.1 Å². The van der Waals surface area contributed by atoms with Crippen LogP contribution in [0.5, 0.6) is 11.5 Å². The minimum atomic E-state index is -3.83. The summed E-state index contributed by atoms with van der Waals surface area (Å²) < 4.78 is 54.6. The Balaban J connectivity index is 0.671. The van der Waals surface area contributed by atoms with Crippen molar-refractivity contribution in [1.82, 2.24) is 59.6 Å². The molecular formula is C60H80FN15O7S. The Kier molecular flexibility index (Phi) is 17.5. The molecule has 0 radical (unpaired) electrons. The van der Waals surface area contributed by atoms with Crippen LogP contribution in [0.4, 0.5) is 27.7 Å². The maximum Gasteiger partial charge on any atom is 0.254 e. The molecule has 6 aromatic rings.